The Hall–Kier alpha value is -3.15. The summed E-state index contributed by atoms with van der Waals surface area (Å²) in [5, 5.41) is 13.3. The van der Waals surface area contributed by atoms with Gasteiger partial charge in [-0.05, 0) is 42.9 Å². The van der Waals surface area contributed by atoms with Crippen molar-refractivity contribution >= 4 is 0 Å². The molecule has 0 spiro atoms. The molecule has 6 nitrogen and oxygen atoms in total. The zero-order valence-corrected chi connectivity index (χ0v) is 16.5. The Kier molecular flexibility index (Phi) is 5.10. The zero-order valence-electron chi connectivity index (χ0n) is 16.5. The van der Waals surface area contributed by atoms with Gasteiger partial charge in [-0.15, -0.1) is 0 Å². The minimum absolute atomic E-state index is 0.383. The second kappa shape index (κ2) is 7.84. The summed E-state index contributed by atoms with van der Waals surface area (Å²) in [6.07, 6.45) is 8.80. The monoisotopic (exact) mass is 375 g/mol. The molecule has 0 amide bonds. The van der Waals surface area contributed by atoms with Gasteiger partial charge in [-0.25, -0.2) is 4.68 Å². The van der Waals surface area contributed by atoms with Crippen LogP contribution in [0.3, 0.4) is 0 Å². The molecule has 6 heteroatoms. The van der Waals surface area contributed by atoms with Crippen molar-refractivity contribution in [2.24, 2.45) is 7.05 Å². The van der Waals surface area contributed by atoms with E-state index < -0.39 is 0 Å². The molecule has 0 saturated carbocycles. The van der Waals surface area contributed by atoms with Crippen LogP contribution < -0.4 is 0 Å². The molecule has 0 bridgehead atoms. The van der Waals surface area contributed by atoms with E-state index in [1.165, 1.54) is 5.56 Å². The summed E-state index contributed by atoms with van der Waals surface area (Å²) in [7, 11) is 1.94. The van der Waals surface area contributed by atoms with E-state index in [4.69, 9.17) is 4.52 Å². The van der Waals surface area contributed by atoms with Crippen LogP contribution in [0.2, 0.25) is 0 Å². The highest BCUT2D eigenvalue weighted by Gasteiger charge is 2.17. The molecular weight excluding hydrogens is 350 g/mol. The van der Waals surface area contributed by atoms with Crippen LogP contribution in [0.25, 0.3) is 17.0 Å². The first kappa shape index (κ1) is 18.2. The summed E-state index contributed by atoms with van der Waals surface area (Å²) in [4.78, 5) is 0. The van der Waals surface area contributed by atoms with E-state index in [0.29, 0.717) is 5.92 Å². The topological polar surface area (TPSA) is 61.7 Å². The predicted octanol–water partition coefficient (Wildman–Crippen LogP) is 4.56. The van der Waals surface area contributed by atoms with Gasteiger partial charge >= 0.3 is 0 Å². The summed E-state index contributed by atoms with van der Waals surface area (Å²) in [6.45, 7) is 4.31. The Morgan fingerprint density at radius 1 is 1.14 bits per heavy atom. The summed E-state index contributed by atoms with van der Waals surface area (Å²) in [6, 6.07) is 12.2. The van der Waals surface area contributed by atoms with Crippen molar-refractivity contribution in [2.45, 2.75) is 39.0 Å². The van der Waals surface area contributed by atoms with Gasteiger partial charge in [-0.1, -0.05) is 37.2 Å². The van der Waals surface area contributed by atoms with E-state index in [1.54, 1.807) is 0 Å². The quantitative estimate of drug-likeness (QED) is 0.475. The van der Waals surface area contributed by atoms with E-state index in [0.717, 1.165) is 47.7 Å². The van der Waals surface area contributed by atoms with Gasteiger partial charge in [0.2, 0.25) is 0 Å². The molecule has 0 saturated heterocycles. The lowest BCUT2D eigenvalue weighted by molar-refractivity contribution is 0.424. The molecule has 1 unspecified atom stereocenters. The number of hydrogen-bond acceptors (Lipinski definition) is 4. The molecule has 3 heterocycles. The van der Waals surface area contributed by atoms with Crippen LogP contribution in [0.5, 0.6) is 0 Å². The molecule has 0 aliphatic carbocycles. The highest BCUT2D eigenvalue weighted by atomic mass is 16.5. The van der Waals surface area contributed by atoms with E-state index in [1.807, 2.05) is 53.1 Å². The molecule has 3 aromatic heterocycles. The Labute approximate surface area is 164 Å². The largest absolute Gasteiger partial charge is 0.356 e. The fourth-order valence-corrected chi connectivity index (χ4v) is 3.36. The van der Waals surface area contributed by atoms with Gasteiger partial charge in [-0.2, -0.15) is 10.2 Å². The van der Waals surface area contributed by atoms with Crippen LogP contribution in [-0.4, -0.2) is 24.7 Å². The SMILES string of the molecule is CCc1cc(-c2cn(C)nc2CCC(C)c2cnn(-c3ccccc3)c2)on1. The van der Waals surface area contributed by atoms with Crippen molar-refractivity contribution in [3.8, 4) is 17.0 Å². The highest BCUT2D eigenvalue weighted by Crippen LogP contribution is 2.28. The van der Waals surface area contributed by atoms with Crippen molar-refractivity contribution in [1.82, 2.24) is 24.7 Å². The smallest absolute Gasteiger partial charge is 0.170 e. The molecule has 0 radical (unpaired) electrons. The van der Waals surface area contributed by atoms with Gasteiger partial charge in [0.1, 0.15) is 0 Å². The number of nitrogens with zero attached hydrogens (tertiary/aromatic N) is 5. The predicted molar refractivity (Wildman–Crippen MR) is 108 cm³/mol. The first-order valence-electron chi connectivity index (χ1n) is 9.72. The maximum atomic E-state index is 5.52. The molecular formula is C22H25N5O. The fourth-order valence-electron chi connectivity index (χ4n) is 3.36. The number of aryl methyl sites for hydroxylation is 3. The van der Waals surface area contributed by atoms with Crippen molar-refractivity contribution in [1.29, 1.82) is 0 Å². The van der Waals surface area contributed by atoms with Crippen molar-refractivity contribution in [2.75, 3.05) is 0 Å². The maximum Gasteiger partial charge on any atom is 0.170 e. The molecule has 28 heavy (non-hydrogen) atoms. The molecule has 4 rings (SSSR count). The zero-order chi connectivity index (χ0) is 19.5. The Morgan fingerprint density at radius 2 is 1.96 bits per heavy atom. The molecule has 0 aliphatic heterocycles. The number of hydrogen-bond donors (Lipinski definition) is 0. The maximum absolute atomic E-state index is 5.52. The molecule has 0 fully saturated rings. The highest BCUT2D eigenvalue weighted by molar-refractivity contribution is 5.59. The van der Waals surface area contributed by atoms with Crippen LogP contribution in [0.1, 0.15) is 43.1 Å². The van der Waals surface area contributed by atoms with Crippen LogP contribution >= 0.6 is 0 Å². The normalized spacial score (nSPS) is 12.4. The molecule has 4 aromatic rings. The standard InChI is InChI=1S/C22H25N5O/c1-4-18-12-22(28-25-18)20-15-26(3)24-21(20)11-10-16(2)17-13-23-27(14-17)19-8-6-5-7-9-19/h5-9,12-16H,4,10-11H2,1-3H3. The third-order valence-electron chi connectivity index (χ3n) is 5.10. The van der Waals surface area contributed by atoms with E-state index >= 15 is 0 Å². The van der Waals surface area contributed by atoms with Crippen molar-refractivity contribution in [3.05, 3.63) is 71.9 Å². The minimum Gasteiger partial charge on any atom is -0.356 e. The van der Waals surface area contributed by atoms with Crippen LogP contribution in [0.4, 0.5) is 0 Å². The number of rotatable bonds is 7. The lowest BCUT2D eigenvalue weighted by atomic mass is 9.97. The number of para-hydroxylation sites is 1. The van der Waals surface area contributed by atoms with Crippen LogP contribution in [0.15, 0.2) is 59.5 Å². The summed E-state index contributed by atoms with van der Waals surface area (Å²) < 4.78 is 9.30. The Balaban J connectivity index is 1.47. The number of aromatic nitrogens is 5. The van der Waals surface area contributed by atoms with Gasteiger partial charge < -0.3 is 4.52 Å². The second-order valence-corrected chi connectivity index (χ2v) is 7.19. The lowest BCUT2D eigenvalue weighted by Gasteiger charge is -2.08. The Bertz CT molecular complexity index is 1040. The Morgan fingerprint density at radius 3 is 2.71 bits per heavy atom. The second-order valence-electron chi connectivity index (χ2n) is 7.19. The van der Waals surface area contributed by atoms with E-state index in [2.05, 4.69) is 47.5 Å². The molecule has 1 aromatic carbocycles. The third kappa shape index (κ3) is 3.76. The average molecular weight is 375 g/mol. The van der Waals surface area contributed by atoms with Gasteiger partial charge in [0.05, 0.1) is 28.8 Å². The first-order valence-corrected chi connectivity index (χ1v) is 9.72. The van der Waals surface area contributed by atoms with Gasteiger partial charge in [0, 0.05) is 25.5 Å². The molecule has 144 valence electrons. The summed E-state index contributed by atoms with van der Waals surface area (Å²) >= 11 is 0. The summed E-state index contributed by atoms with van der Waals surface area (Å²) in [5.74, 6) is 1.18. The fraction of sp³-hybridized carbons (Fsp3) is 0.318. The third-order valence-corrected chi connectivity index (χ3v) is 5.10. The lowest BCUT2D eigenvalue weighted by Crippen LogP contribution is -1.98. The van der Waals surface area contributed by atoms with E-state index in [-0.39, 0.29) is 0 Å². The number of benzene rings is 1. The van der Waals surface area contributed by atoms with Crippen LogP contribution in [-0.2, 0) is 19.9 Å². The first-order chi connectivity index (χ1) is 13.6. The van der Waals surface area contributed by atoms with Gasteiger partial charge in [0.15, 0.2) is 5.76 Å². The van der Waals surface area contributed by atoms with Crippen LogP contribution in [0, 0.1) is 0 Å². The van der Waals surface area contributed by atoms with Crippen molar-refractivity contribution in [3.63, 3.8) is 0 Å². The minimum atomic E-state index is 0.383. The summed E-state index contributed by atoms with van der Waals surface area (Å²) in [5.41, 5.74) is 5.34. The molecule has 1 atom stereocenters. The van der Waals surface area contributed by atoms with E-state index in [9.17, 15) is 0 Å². The molecule has 0 N–H and O–H groups in total. The average Bonchev–Trinajstić information content (AvgIpc) is 3.46. The van der Waals surface area contributed by atoms with Gasteiger partial charge in [0.25, 0.3) is 0 Å². The van der Waals surface area contributed by atoms with Gasteiger partial charge in [-0.3, -0.25) is 4.68 Å². The molecule has 0 aliphatic rings. The van der Waals surface area contributed by atoms with Crippen molar-refractivity contribution < 1.29 is 4.52 Å².